The second-order valence-corrected chi connectivity index (χ2v) is 6.43. The molecule has 1 aliphatic heterocycles. The first-order valence-corrected chi connectivity index (χ1v) is 7.86. The van der Waals surface area contributed by atoms with E-state index in [1.807, 2.05) is 24.3 Å². The number of hydrogen-bond acceptors (Lipinski definition) is 3. The van der Waals surface area contributed by atoms with E-state index < -0.39 is 22.7 Å². The molecule has 0 saturated carbocycles. The van der Waals surface area contributed by atoms with Gasteiger partial charge in [-0.2, -0.15) is 0 Å². The summed E-state index contributed by atoms with van der Waals surface area (Å²) >= 11 is 0. The molecule has 2 rings (SSSR count). The van der Waals surface area contributed by atoms with Crippen LogP contribution in [0.1, 0.15) is 24.8 Å². The number of carboxylic acid groups (broad SMARTS) is 1. The Labute approximate surface area is 115 Å². The van der Waals surface area contributed by atoms with Crippen molar-refractivity contribution in [3.8, 4) is 5.75 Å². The Morgan fingerprint density at radius 3 is 3.00 bits per heavy atom. The maximum absolute atomic E-state index is 12.0. The van der Waals surface area contributed by atoms with Crippen LogP contribution in [-0.2, 0) is 15.6 Å². The molecule has 3 atom stereocenters. The number of carbonyl (C=O) groups is 1. The highest BCUT2D eigenvalue weighted by atomic mass is 32.2. The van der Waals surface area contributed by atoms with Crippen molar-refractivity contribution in [2.24, 2.45) is 5.92 Å². The molecule has 5 heteroatoms. The molecule has 0 saturated heterocycles. The fourth-order valence-electron chi connectivity index (χ4n) is 2.23. The number of rotatable bonds is 5. The molecule has 0 amide bonds. The Balaban J connectivity index is 2.01. The molecule has 104 valence electrons. The van der Waals surface area contributed by atoms with E-state index in [0.717, 1.165) is 17.7 Å². The van der Waals surface area contributed by atoms with Crippen LogP contribution >= 0.6 is 0 Å². The fourth-order valence-corrected chi connectivity index (χ4v) is 3.86. The van der Waals surface area contributed by atoms with Gasteiger partial charge < -0.3 is 9.84 Å². The van der Waals surface area contributed by atoms with Gasteiger partial charge in [-0.1, -0.05) is 25.1 Å². The third-order valence-electron chi connectivity index (χ3n) is 3.33. The topological polar surface area (TPSA) is 63.6 Å². The lowest BCUT2D eigenvalue weighted by atomic mass is 9.95. The minimum atomic E-state index is -1.11. The van der Waals surface area contributed by atoms with E-state index in [1.165, 1.54) is 0 Å². The average Bonchev–Trinajstić information content (AvgIpc) is 2.39. The van der Waals surface area contributed by atoms with Gasteiger partial charge in [0.05, 0.1) is 12.5 Å². The number of para-hydroxylation sites is 1. The second-order valence-electron chi connectivity index (χ2n) is 4.88. The Morgan fingerprint density at radius 1 is 1.53 bits per heavy atom. The molecule has 0 radical (unpaired) electrons. The molecule has 0 spiro atoms. The first-order chi connectivity index (χ1) is 9.08. The van der Waals surface area contributed by atoms with Gasteiger partial charge in [-0.25, -0.2) is 0 Å². The van der Waals surface area contributed by atoms with Gasteiger partial charge in [0.2, 0.25) is 0 Å². The number of hydrogen-bond donors (Lipinski definition) is 1. The van der Waals surface area contributed by atoms with Crippen LogP contribution in [0.4, 0.5) is 0 Å². The molecule has 0 aromatic heterocycles. The van der Waals surface area contributed by atoms with Crippen LogP contribution in [0.2, 0.25) is 0 Å². The van der Waals surface area contributed by atoms with Gasteiger partial charge in [-0.05, 0) is 18.1 Å². The summed E-state index contributed by atoms with van der Waals surface area (Å²) in [5.41, 5.74) is 1.09. The van der Waals surface area contributed by atoms with Crippen LogP contribution in [0.15, 0.2) is 24.3 Å². The predicted molar refractivity (Wildman–Crippen MR) is 74.0 cm³/mol. The first-order valence-electron chi connectivity index (χ1n) is 6.37. The molecule has 19 heavy (non-hydrogen) atoms. The lowest BCUT2D eigenvalue weighted by Crippen LogP contribution is -2.23. The van der Waals surface area contributed by atoms with E-state index in [9.17, 15) is 9.00 Å². The van der Waals surface area contributed by atoms with Gasteiger partial charge in [0, 0.05) is 28.2 Å². The van der Waals surface area contributed by atoms with Crippen molar-refractivity contribution >= 4 is 16.8 Å². The first kappa shape index (κ1) is 14.1. The van der Waals surface area contributed by atoms with E-state index in [0.29, 0.717) is 12.4 Å². The zero-order valence-corrected chi connectivity index (χ0v) is 11.7. The zero-order valence-electron chi connectivity index (χ0n) is 10.9. The quantitative estimate of drug-likeness (QED) is 0.897. The molecule has 1 aromatic rings. The van der Waals surface area contributed by atoms with Gasteiger partial charge in [-0.3, -0.25) is 9.00 Å². The lowest BCUT2D eigenvalue weighted by molar-refractivity contribution is -0.140. The molecule has 0 bridgehead atoms. The van der Waals surface area contributed by atoms with Crippen molar-refractivity contribution in [2.45, 2.75) is 19.3 Å². The van der Waals surface area contributed by atoms with Gasteiger partial charge >= 0.3 is 5.97 Å². The standard InChI is InChI=1S/C14H18O4S/c1-10(14(15)16)8-19(17)9-11-6-7-18-13-5-3-2-4-12(11)13/h2-5,10-11H,6-9H2,1H3,(H,15,16). The van der Waals surface area contributed by atoms with Crippen LogP contribution in [-0.4, -0.2) is 33.4 Å². The minimum absolute atomic E-state index is 0.201. The van der Waals surface area contributed by atoms with Gasteiger partial charge in [0.15, 0.2) is 0 Å². The molecule has 4 nitrogen and oxygen atoms in total. The summed E-state index contributed by atoms with van der Waals surface area (Å²) in [6.07, 6.45) is 0.838. The number of fused-ring (bicyclic) bond motifs is 1. The van der Waals surface area contributed by atoms with E-state index in [-0.39, 0.29) is 11.7 Å². The third kappa shape index (κ3) is 3.56. The van der Waals surface area contributed by atoms with Crippen molar-refractivity contribution in [3.05, 3.63) is 29.8 Å². The molecule has 1 N–H and O–H groups in total. The summed E-state index contributed by atoms with van der Waals surface area (Å²) in [5, 5.41) is 8.84. The van der Waals surface area contributed by atoms with Crippen molar-refractivity contribution in [1.82, 2.24) is 0 Å². The SMILES string of the molecule is CC(CS(=O)CC1CCOc2ccccc21)C(=O)O. The molecule has 1 heterocycles. The summed E-state index contributed by atoms with van der Waals surface area (Å²) in [4.78, 5) is 10.8. The summed E-state index contributed by atoms with van der Waals surface area (Å²) in [6, 6.07) is 7.79. The lowest BCUT2D eigenvalue weighted by Gasteiger charge is -2.25. The molecule has 1 aliphatic rings. The number of ether oxygens (including phenoxy) is 1. The average molecular weight is 282 g/mol. The summed E-state index contributed by atoms with van der Waals surface area (Å²) in [5.74, 6) is 0.345. The van der Waals surface area contributed by atoms with Crippen LogP contribution in [0.25, 0.3) is 0 Å². The minimum Gasteiger partial charge on any atom is -0.493 e. The van der Waals surface area contributed by atoms with Gasteiger partial charge in [-0.15, -0.1) is 0 Å². The Bertz CT molecular complexity index is 486. The van der Waals surface area contributed by atoms with Crippen LogP contribution in [0.5, 0.6) is 5.75 Å². The molecule has 3 unspecified atom stereocenters. The normalized spacial score (nSPS) is 21.0. The number of aliphatic carboxylic acids is 1. The van der Waals surface area contributed by atoms with Crippen molar-refractivity contribution in [3.63, 3.8) is 0 Å². The number of carboxylic acids is 1. The zero-order chi connectivity index (χ0) is 13.8. The molecule has 1 aromatic carbocycles. The smallest absolute Gasteiger partial charge is 0.307 e. The van der Waals surface area contributed by atoms with Gasteiger partial charge in [0.25, 0.3) is 0 Å². The van der Waals surface area contributed by atoms with E-state index in [4.69, 9.17) is 9.84 Å². The van der Waals surface area contributed by atoms with Crippen molar-refractivity contribution in [1.29, 1.82) is 0 Å². The van der Waals surface area contributed by atoms with Crippen molar-refractivity contribution < 1.29 is 18.8 Å². The van der Waals surface area contributed by atoms with Crippen LogP contribution in [0.3, 0.4) is 0 Å². The predicted octanol–water partition coefficient (Wildman–Crippen LogP) is 2.02. The Morgan fingerprint density at radius 2 is 2.26 bits per heavy atom. The highest BCUT2D eigenvalue weighted by Gasteiger charge is 2.24. The second kappa shape index (κ2) is 6.19. The van der Waals surface area contributed by atoms with E-state index in [1.54, 1.807) is 6.92 Å². The Hall–Kier alpha value is -1.36. The molecular formula is C14H18O4S. The largest absolute Gasteiger partial charge is 0.493 e. The van der Waals surface area contributed by atoms with Crippen molar-refractivity contribution in [2.75, 3.05) is 18.1 Å². The van der Waals surface area contributed by atoms with Crippen LogP contribution < -0.4 is 4.74 Å². The maximum Gasteiger partial charge on any atom is 0.307 e. The van der Waals surface area contributed by atoms with Gasteiger partial charge in [0.1, 0.15) is 5.75 Å². The van der Waals surface area contributed by atoms with Crippen LogP contribution in [0, 0.1) is 5.92 Å². The van der Waals surface area contributed by atoms with E-state index in [2.05, 4.69) is 0 Å². The highest BCUT2D eigenvalue weighted by Crippen LogP contribution is 2.33. The monoisotopic (exact) mass is 282 g/mol. The van der Waals surface area contributed by atoms with E-state index >= 15 is 0 Å². The maximum atomic E-state index is 12.0. The highest BCUT2D eigenvalue weighted by molar-refractivity contribution is 7.85. The summed E-state index contributed by atoms with van der Waals surface area (Å²) in [7, 11) is -1.11. The fraction of sp³-hybridized carbons (Fsp3) is 0.500. The molecule has 0 fully saturated rings. The summed E-state index contributed by atoms with van der Waals surface area (Å²) < 4.78 is 17.6. The molecular weight excluding hydrogens is 264 g/mol. The number of benzene rings is 1. The Kier molecular flexibility index (Phi) is 4.58. The molecule has 0 aliphatic carbocycles. The summed E-state index contributed by atoms with van der Waals surface area (Å²) in [6.45, 7) is 2.23. The third-order valence-corrected chi connectivity index (χ3v) is 4.97.